The first-order valence-corrected chi connectivity index (χ1v) is 5.38. The van der Waals surface area contributed by atoms with E-state index in [9.17, 15) is 14.7 Å². The van der Waals surface area contributed by atoms with Crippen LogP contribution in [0.3, 0.4) is 0 Å². The van der Waals surface area contributed by atoms with Crippen molar-refractivity contribution in [2.75, 3.05) is 6.61 Å². The fourth-order valence-electron chi connectivity index (χ4n) is 1.92. The van der Waals surface area contributed by atoms with Crippen molar-refractivity contribution in [2.24, 2.45) is 5.11 Å². The second-order valence-electron chi connectivity index (χ2n) is 3.95. The van der Waals surface area contributed by atoms with E-state index in [1.807, 2.05) is 4.98 Å². The Balaban J connectivity index is 2.44. The van der Waals surface area contributed by atoms with Gasteiger partial charge in [0.2, 0.25) is 0 Å². The lowest BCUT2D eigenvalue weighted by molar-refractivity contribution is -0.0464. The average Bonchev–Trinajstić information content (AvgIpc) is 2.68. The van der Waals surface area contributed by atoms with Gasteiger partial charge in [0.15, 0.2) is 0 Å². The maximum Gasteiger partial charge on any atom is 0.330 e. The Labute approximate surface area is 105 Å². The molecule has 1 aliphatic heterocycles. The normalized spacial score (nSPS) is 30.0. The third-order valence-corrected chi connectivity index (χ3v) is 2.83. The molecule has 0 radical (unpaired) electrons. The third-order valence-electron chi connectivity index (χ3n) is 2.83. The molecule has 1 aromatic rings. The van der Waals surface area contributed by atoms with Crippen LogP contribution >= 0.6 is 0 Å². The Bertz CT molecular complexity index is 618. The zero-order valence-corrected chi connectivity index (χ0v) is 9.58. The van der Waals surface area contributed by atoms with Gasteiger partial charge in [-0.2, -0.15) is 0 Å². The number of aliphatic hydroxyl groups excluding tert-OH is 2. The quantitative estimate of drug-likeness (QED) is 0.345. The number of aromatic amines is 1. The number of H-pyrrole nitrogens is 1. The van der Waals surface area contributed by atoms with E-state index in [0.717, 1.165) is 16.8 Å². The number of aliphatic hydroxyl groups is 2. The van der Waals surface area contributed by atoms with Crippen LogP contribution in [0.15, 0.2) is 27.0 Å². The lowest BCUT2D eigenvalue weighted by atomic mass is 10.1. The van der Waals surface area contributed by atoms with E-state index >= 15 is 0 Å². The molecule has 1 saturated heterocycles. The van der Waals surface area contributed by atoms with Gasteiger partial charge in [0.1, 0.15) is 18.4 Å². The molecule has 3 N–H and O–H groups in total. The molecule has 0 aromatic carbocycles. The lowest BCUT2D eigenvalue weighted by Crippen LogP contribution is -2.36. The van der Waals surface area contributed by atoms with E-state index in [2.05, 4.69) is 10.0 Å². The number of ether oxygens (including phenoxy) is 1. The standard InChI is InChI=1S/C9H11N5O5/c10-13-12-6-7(17)4(3-15)19-8(6)14-2-1-5(16)11-9(14)18/h1-2,4,6-8,15,17H,3H2,(H,11,16,18)/t4-,6-,7-,8+/m1/s1. The number of hydrogen-bond donors (Lipinski definition) is 3. The molecule has 0 saturated carbocycles. The van der Waals surface area contributed by atoms with Gasteiger partial charge < -0.3 is 14.9 Å². The summed E-state index contributed by atoms with van der Waals surface area (Å²) < 4.78 is 6.26. The first-order valence-electron chi connectivity index (χ1n) is 5.38. The summed E-state index contributed by atoms with van der Waals surface area (Å²) in [6.45, 7) is -0.493. The van der Waals surface area contributed by atoms with E-state index in [4.69, 9.17) is 15.4 Å². The molecule has 102 valence electrons. The van der Waals surface area contributed by atoms with Gasteiger partial charge in [-0.15, -0.1) is 0 Å². The van der Waals surface area contributed by atoms with Crippen LogP contribution in [-0.4, -0.2) is 44.6 Å². The summed E-state index contributed by atoms with van der Waals surface area (Å²) in [7, 11) is 0. The van der Waals surface area contributed by atoms with Gasteiger partial charge >= 0.3 is 5.69 Å². The number of aromatic nitrogens is 2. The highest BCUT2D eigenvalue weighted by molar-refractivity contribution is 4.96. The molecule has 0 unspecified atom stereocenters. The molecule has 2 heterocycles. The summed E-state index contributed by atoms with van der Waals surface area (Å²) in [6.07, 6.45) is -2.14. The van der Waals surface area contributed by atoms with Crippen LogP contribution in [-0.2, 0) is 4.74 Å². The highest BCUT2D eigenvalue weighted by Gasteiger charge is 2.44. The van der Waals surface area contributed by atoms with Crippen molar-refractivity contribution in [3.8, 4) is 0 Å². The molecule has 0 bridgehead atoms. The van der Waals surface area contributed by atoms with E-state index in [1.165, 1.54) is 0 Å². The Morgan fingerprint density at radius 3 is 2.89 bits per heavy atom. The van der Waals surface area contributed by atoms with Gasteiger partial charge in [-0.1, -0.05) is 5.11 Å². The van der Waals surface area contributed by atoms with Crippen molar-refractivity contribution in [3.63, 3.8) is 0 Å². The van der Waals surface area contributed by atoms with Crippen molar-refractivity contribution in [2.45, 2.75) is 24.5 Å². The van der Waals surface area contributed by atoms with Crippen molar-refractivity contribution < 1.29 is 14.9 Å². The van der Waals surface area contributed by atoms with E-state index < -0.39 is 42.3 Å². The molecule has 0 amide bonds. The molecular weight excluding hydrogens is 258 g/mol. The predicted molar refractivity (Wildman–Crippen MR) is 61.3 cm³/mol. The zero-order valence-electron chi connectivity index (χ0n) is 9.58. The molecule has 19 heavy (non-hydrogen) atoms. The lowest BCUT2D eigenvalue weighted by Gasteiger charge is -2.17. The van der Waals surface area contributed by atoms with E-state index in [-0.39, 0.29) is 0 Å². The Morgan fingerprint density at radius 2 is 2.32 bits per heavy atom. The number of rotatable bonds is 3. The Morgan fingerprint density at radius 1 is 1.58 bits per heavy atom. The van der Waals surface area contributed by atoms with Crippen LogP contribution in [0.2, 0.25) is 0 Å². The molecule has 1 aliphatic rings. The van der Waals surface area contributed by atoms with Crippen LogP contribution < -0.4 is 11.2 Å². The smallest absolute Gasteiger partial charge is 0.330 e. The predicted octanol–water partition coefficient (Wildman–Crippen LogP) is -1.53. The van der Waals surface area contributed by atoms with Crippen molar-refractivity contribution in [1.82, 2.24) is 9.55 Å². The SMILES string of the molecule is [N-]=[N+]=N[C@@H]1[C@H](O)[C@@H](CO)O[C@@H]1n1ccc(=O)[nH]c1=O. The summed E-state index contributed by atoms with van der Waals surface area (Å²) >= 11 is 0. The average molecular weight is 269 g/mol. The van der Waals surface area contributed by atoms with Crippen LogP contribution in [0.5, 0.6) is 0 Å². The Kier molecular flexibility index (Phi) is 3.67. The number of azide groups is 1. The van der Waals surface area contributed by atoms with Crippen LogP contribution in [0, 0.1) is 0 Å². The first-order chi connectivity index (χ1) is 9.08. The van der Waals surface area contributed by atoms with Crippen LogP contribution in [0.4, 0.5) is 0 Å². The van der Waals surface area contributed by atoms with Crippen molar-refractivity contribution in [1.29, 1.82) is 0 Å². The number of nitrogens with zero attached hydrogens (tertiary/aromatic N) is 4. The molecule has 2 rings (SSSR count). The second-order valence-corrected chi connectivity index (χ2v) is 3.95. The fraction of sp³-hybridized carbons (Fsp3) is 0.556. The second kappa shape index (κ2) is 5.24. The highest BCUT2D eigenvalue weighted by Crippen LogP contribution is 2.30. The minimum atomic E-state index is -1.25. The molecule has 4 atom stereocenters. The van der Waals surface area contributed by atoms with Gasteiger partial charge in [0, 0.05) is 17.2 Å². The zero-order chi connectivity index (χ0) is 14.0. The van der Waals surface area contributed by atoms with Gasteiger partial charge in [0.05, 0.1) is 12.7 Å². The minimum Gasteiger partial charge on any atom is -0.394 e. The fourth-order valence-corrected chi connectivity index (χ4v) is 1.92. The summed E-state index contributed by atoms with van der Waals surface area (Å²) in [6, 6.07) is 0.0158. The van der Waals surface area contributed by atoms with Gasteiger partial charge in [-0.3, -0.25) is 14.3 Å². The van der Waals surface area contributed by atoms with Gasteiger partial charge in [0.25, 0.3) is 5.56 Å². The molecular formula is C9H11N5O5. The van der Waals surface area contributed by atoms with Crippen molar-refractivity contribution >= 4 is 0 Å². The van der Waals surface area contributed by atoms with Crippen LogP contribution in [0.1, 0.15) is 6.23 Å². The van der Waals surface area contributed by atoms with E-state index in [1.54, 1.807) is 0 Å². The van der Waals surface area contributed by atoms with Crippen molar-refractivity contribution in [3.05, 3.63) is 43.5 Å². The molecule has 10 nitrogen and oxygen atoms in total. The molecule has 0 aliphatic carbocycles. The highest BCUT2D eigenvalue weighted by atomic mass is 16.5. The maximum atomic E-state index is 11.6. The molecule has 1 fully saturated rings. The largest absolute Gasteiger partial charge is 0.394 e. The number of nitrogens with one attached hydrogen (secondary N) is 1. The minimum absolute atomic E-state index is 0.493. The monoisotopic (exact) mass is 269 g/mol. The molecule has 0 spiro atoms. The summed E-state index contributed by atoms with van der Waals surface area (Å²) in [4.78, 5) is 27.2. The van der Waals surface area contributed by atoms with Crippen LogP contribution in [0.25, 0.3) is 10.4 Å². The molecule has 10 heteroatoms. The van der Waals surface area contributed by atoms with Gasteiger partial charge in [-0.05, 0) is 5.53 Å². The van der Waals surface area contributed by atoms with E-state index in [0.29, 0.717) is 0 Å². The maximum absolute atomic E-state index is 11.6. The topological polar surface area (TPSA) is 153 Å². The number of hydrogen-bond acceptors (Lipinski definition) is 6. The summed E-state index contributed by atoms with van der Waals surface area (Å²) in [5.74, 6) is 0. The first kappa shape index (κ1) is 13.3. The summed E-state index contributed by atoms with van der Waals surface area (Å²) in [5, 5.41) is 22.2. The van der Waals surface area contributed by atoms with Gasteiger partial charge in [-0.25, -0.2) is 4.79 Å². The molecule has 1 aromatic heterocycles. The Hall–Kier alpha value is -2.13. The summed E-state index contributed by atoms with van der Waals surface area (Å²) in [5.41, 5.74) is 7.12. The third kappa shape index (κ3) is 2.37.